The zero-order chi connectivity index (χ0) is 22.6. The molecule has 4 heterocycles. The van der Waals surface area contributed by atoms with Crippen molar-refractivity contribution in [2.45, 2.75) is 38.0 Å². The van der Waals surface area contributed by atoms with E-state index in [1.165, 1.54) is 19.3 Å². The summed E-state index contributed by atoms with van der Waals surface area (Å²) >= 11 is 0. The van der Waals surface area contributed by atoms with Crippen molar-refractivity contribution >= 4 is 5.91 Å². The second-order valence-electron chi connectivity index (χ2n) is 7.19. The van der Waals surface area contributed by atoms with Crippen molar-refractivity contribution in [1.82, 2.24) is 34.8 Å². The van der Waals surface area contributed by atoms with E-state index >= 15 is 0 Å². The van der Waals surface area contributed by atoms with Gasteiger partial charge >= 0.3 is 6.18 Å². The quantitative estimate of drug-likeness (QED) is 0.629. The van der Waals surface area contributed by atoms with Gasteiger partial charge in [0, 0.05) is 32.3 Å². The molecule has 0 aromatic carbocycles. The summed E-state index contributed by atoms with van der Waals surface area (Å²) in [5, 5.41) is 10.2. The Hall–Kier alpha value is -3.38. The first-order chi connectivity index (χ1) is 14.4. The van der Waals surface area contributed by atoms with Crippen LogP contribution in [-0.4, -0.2) is 35.4 Å². The number of carbonyl (C=O) groups is 1. The molecule has 0 saturated heterocycles. The number of rotatable bonds is 4. The molecular formula is C18H16F5N7O. The third kappa shape index (κ3) is 3.99. The Morgan fingerprint density at radius 1 is 1.19 bits per heavy atom. The van der Waals surface area contributed by atoms with Gasteiger partial charge in [0.15, 0.2) is 0 Å². The van der Waals surface area contributed by atoms with Crippen LogP contribution in [0.3, 0.4) is 0 Å². The molecule has 3 aromatic rings. The summed E-state index contributed by atoms with van der Waals surface area (Å²) < 4.78 is 67.9. The van der Waals surface area contributed by atoms with Crippen LogP contribution in [0, 0.1) is 0 Å². The number of hydrogen-bond donors (Lipinski definition) is 1. The molecule has 1 N–H and O–H groups in total. The largest absolute Gasteiger partial charge is 0.453 e. The van der Waals surface area contributed by atoms with Gasteiger partial charge in [0.2, 0.25) is 5.82 Å². The molecule has 1 aliphatic heterocycles. The molecule has 164 valence electrons. The van der Waals surface area contributed by atoms with Gasteiger partial charge in [0.25, 0.3) is 17.7 Å². The smallest absolute Gasteiger partial charge is 0.341 e. The molecule has 0 unspecified atom stereocenters. The van der Waals surface area contributed by atoms with E-state index < -0.39 is 41.4 Å². The third-order valence-electron chi connectivity index (χ3n) is 4.83. The molecule has 0 aliphatic carbocycles. The van der Waals surface area contributed by atoms with Crippen LogP contribution < -0.4 is 5.32 Å². The molecule has 13 heteroatoms. The van der Waals surface area contributed by atoms with Crippen LogP contribution in [0.1, 0.15) is 47.2 Å². The van der Waals surface area contributed by atoms with E-state index in [-0.39, 0.29) is 0 Å². The molecule has 1 atom stereocenters. The lowest BCUT2D eigenvalue weighted by Crippen LogP contribution is -2.29. The lowest BCUT2D eigenvalue weighted by atomic mass is 10.1. The summed E-state index contributed by atoms with van der Waals surface area (Å²) in [5.41, 5.74) is 1.05. The van der Waals surface area contributed by atoms with Gasteiger partial charge in [0.05, 0.1) is 17.4 Å². The van der Waals surface area contributed by atoms with Crippen molar-refractivity contribution in [3.05, 3.63) is 47.4 Å². The molecule has 0 spiro atoms. The first kappa shape index (κ1) is 20.9. The van der Waals surface area contributed by atoms with Crippen molar-refractivity contribution < 1.29 is 26.7 Å². The van der Waals surface area contributed by atoms with Crippen molar-refractivity contribution in [1.29, 1.82) is 0 Å². The fraction of sp³-hybridized carbons (Fsp3) is 0.389. The summed E-state index contributed by atoms with van der Waals surface area (Å²) in [5.74, 6) is -5.81. The van der Waals surface area contributed by atoms with Crippen LogP contribution >= 0.6 is 0 Å². The number of fused-ring (bicyclic) bond motifs is 1. The van der Waals surface area contributed by atoms with Gasteiger partial charge in [-0.1, -0.05) is 0 Å². The number of hydrogen-bond acceptors (Lipinski definition) is 5. The molecule has 0 fully saturated rings. The maximum atomic E-state index is 13.6. The zero-order valence-electron chi connectivity index (χ0n) is 16.3. The third-order valence-corrected chi connectivity index (χ3v) is 4.83. The number of halogens is 5. The number of nitrogens with zero attached hydrogens (tertiary/aromatic N) is 6. The Kier molecular flexibility index (Phi) is 4.78. The molecule has 8 nitrogen and oxygen atoms in total. The highest BCUT2D eigenvalue weighted by Gasteiger charge is 2.38. The first-order valence-electron chi connectivity index (χ1n) is 9.15. The minimum absolute atomic E-state index is 0.397. The molecule has 3 aromatic heterocycles. The standard InChI is InChI=1S/C18H16F5N7O/c1-17(19,20)13-7-9(3-5-24-13)11-8-12-10(4-6-30(12)27-11)25-15(31)14-26-16(18(21,22)23)28-29(14)2/h3,5,7-8,10H,4,6H2,1-2H3,(H,25,31)/t10-/m0/s1. The van der Waals surface area contributed by atoms with E-state index in [0.29, 0.717) is 29.9 Å². The Morgan fingerprint density at radius 3 is 2.58 bits per heavy atom. The SMILES string of the molecule is Cn1nc(C(F)(F)F)nc1C(=O)N[C@H]1CCn2nc(-c3ccnc(C(C)(F)F)c3)cc21. The maximum Gasteiger partial charge on any atom is 0.453 e. The van der Waals surface area contributed by atoms with Crippen LogP contribution in [0.5, 0.6) is 0 Å². The van der Waals surface area contributed by atoms with E-state index in [4.69, 9.17) is 0 Å². The predicted molar refractivity (Wildman–Crippen MR) is 95.9 cm³/mol. The van der Waals surface area contributed by atoms with Crippen molar-refractivity contribution in [3.8, 4) is 11.3 Å². The minimum Gasteiger partial charge on any atom is -0.341 e. The monoisotopic (exact) mass is 441 g/mol. The van der Waals surface area contributed by atoms with Gasteiger partial charge in [-0.2, -0.15) is 32.0 Å². The fourth-order valence-corrected chi connectivity index (χ4v) is 3.33. The van der Waals surface area contributed by atoms with Crippen LogP contribution in [0.25, 0.3) is 11.3 Å². The predicted octanol–water partition coefficient (Wildman–Crippen LogP) is 3.08. The minimum atomic E-state index is -4.77. The molecule has 0 saturated carbocycles. The molecule has 0 radical (unpaired) electrons. The van der Waals surface area contributed by atoms with E-state index in [1.54, 1.807) is 16.8 Å². The number of pyridine rings is 1. The zero-order valence-corrected chi connectivity index (χ0v) is 16.3. The van der Waals surface area contributed by atoms with Gasteiger partial charge in [-0.25, -0.2) is 4.68 Å². The number of carbonyl (C=O) groups excluding carboxylic acids is 1. The van der Waals surface area contributed by atoms with Crippen LogP contribution in [-0.2, 0) is 25.7 Å². The number of aryl methyl sites for hydroxylation is 2. The van der Waals surface area contributed by atoms with Gasteiger partial charge in [-0.15, -0.1) is 5.10 Å². The second-order valence-corrected chi connectivity index (χ2v) is 7.19. The average molecular weight is 441 g/mol. The second kappa shape index (κ2) is 7.10. The molecule has 31 heavy (non-hydrogen) atoms. The van der Waals surface area contributed by atoms with E-state index in [2.05, 4.69) is 25.5 Å². The topological polar surface area (TPSA) is 90.5 Å². The van der Waals surface area contributed by atoms with E-state index in [1.807, 2.05) is 0 Å². The Labute approximate surface area is 172 Å². The number of aromatic nitrogens is 6. The van der Waals surface area contributed by atoms with Gasteiger partial charge in [-0.3, -0.25) is 14.5 Å². The van der Waals surface area contributed by atoms with Gasteiger partial charge in [0.1, 0.15) is 5.69 Å². The highest BCUT2D eigenvalue weighted by atomic mass is 19.4. The Balaban J connectivity index is 1.56. The highest BCUT2D eigenvalue weighted by molar-refractivity contribution is 5.91. The van der Waals surface area contributed by atoms with Crippen molar-refractivity contribution in [2.75, 3.05) is 0 Å². The molecular weight excluding hydrogens is 425 g/mol. The number of amides is 1. The normalized spacial score (nSPS) is 16.4. The van der Waals surface area contributed by atoms with Gasteiger partial charge in [-0.05, 0) is 24.6 Å². The summed E-state index contributed by atoms with van der Waals surface area (Å²) in [4.78, 5) is 19.4. The first-order valence-corrected chi connectivity index (χ1v) is 9.15. The summed E-state index contributed by atoms with van der Waals surface area (Å²) in [7, 11) is 1.19. The van der Waals surface area contributed by atoms with Gasteiger partial charge < -0.3 is 5.32 Å². The summed E-state index contributed by atoms with van der Waals surface area (Å²) in [6, 6.07) is 3.89. The van der Waals surface area contributed by atoms with E-state index in [0.717, 1.165) is 11.6 Å². The molecule has 4 rings (SSSR count). The summed E-state index contributed by atoms with van der Waals surface area (Å²) in [6.45, 7) is 1.18. The molecule has 1 amide bonds. The Bertz CT molecular complexity index is 1150. The molecule has 0 bridgehead atoms. The maximum absolute atomic E-state index is 13.6. The van der Waals surface area contributed by atoms with E-state index in [9.17, 15) is 26.7 Å². The number of alkyl halides is 5. The average Bonchev–Trinajstić information content (AvgIpc) is 3.36. The van der Waals surface area contributed by atoms with Crippen LogP contribution in [0.15, 0.2) is 24.4 Å². The highest BCUT2D eigenvalue weighted by Crippen LogP contribution is 2.32. The van der Waals surface area contributed by atoms with Crippen molar-refractivity contribution in [3.63, 3.8) is 0 Å². The van der Waals surface area contributed by atoms with Crippen LogP contribution in [0.2, 0.25) is 0 Å². The fourth-order valence-electron chi connectivity index (χ4n) is 3.33. The Morgan fingerprint density at radius 2 is 1.94 bits per heavy atom. The van der Waals surface area contributed by atoms with Crippen LogP contribution in [0.4, 0.5) is 22.0 Å². The summed E-state index contributed by atoms with van der Waals surface area (Å²) in [6.07, 6.45) is -3.04. The lowest BCUT2D eigenvalue weighted by Gasteiger charge is -2.11. The number of nitrogens with one attached hydrogen (secondary N) is 1. The lowest BCUT2D eigenvalue weighted by molar-refractivity contribution is -0.144. The van der Waals surface area contributed by atoms with Crippen molar-refractivity contribution in [2.24, 2.45) is 7.05 Å². The molecule has 1 aliphatic rings.